The van der Waals surface area contributed by atoms with Gasteiger partial charge in [0.2, 0.25) is 0 Å². The summed E-state index contributed by atoms with van der Waals surface area (Å²) in [6, 6.07) is 7.21. The molecule has 0 saturated heterocycles. The largest absolute Gasteiger partial charge is 0.399 e. The van der Waals surface area contributed by atoms with Crippen LogP contribution in [0.5, 0.6) is 0 Å². The van der Waals surface area contributed by atoms with Crippen molar-refractivity contribution in [2.75, 3.05) is 16.2 Å². The molecular weight excluding hydrogens is 184 g/mol. The van der Waals surface area contributed by atoms with E-state index in [2.05, 4.69) is 4.72 Å². The molecule has 0 fully saturated rings. The van der Waals surface area contributed by atoms with Crippen molar-refractivity contribution < 1.29 is 4.21 Å². The Kier molecular flexibility index (Phi) is 3.76. The Balaban J connectivity index is 2.54. The number of nitrogen functional groups attached to an aromatic ring is 1. The average molecular weight is 198 g/mol. The highest BCUT2D eigenvalue weighted by atomic mass is 32.2. The molecule has 1 rings (SSSR count). The SMILES string of the molecule is CCCS(=O)Nc1ccc(N)cc1. The maximum atomic E-state index is 11.3. The van der Waals surface area contributed by atoms with E-state index >= 15 is 0 Å². The Bertz CT molecular complexity index is 284. The van der Waals surface area contributed by atoms with E-state index in [9.17, 15) is 4.21 Å². The van der Waals surface area contributed by atoms with Crippen molar-refractivity contribution >= 4 is 22.4 Å². The average Bonchev–Trinajstić information content (AvgIpc) is 2.09. The third-order valence-electron chi connectivity index (χ3n) is 1.53. The van der Waals surface area contributed by atoms with E-state index < -0.39 is 11.0 Å². The van der Waals surface area contributed by atoms with Gasteiger partial charge in [-0.2, -0.15) is 0 Å². The molecule has 13 heavy (non-hydrogen) atoms. The number of rotatable bonds is 4. The van der Waals surface area contributed by atoms with Crippen molar-refractivity contribution in [1.82, 2.24) is 0 Å². The predicted molar refractivity (Wildman–Crippen MR) is 57.8 cm³/mol. The standard InChI is InChI=1S/C9H14N2OS/c1-2-7-13(12)11-9-5-3-8(10)4-6-9/h3-6,11H,2,7,10H2,1H3. The van der Waals surface area contributed by atoms with Gasteiger partial charge >= 0.3 is 0 Å². The van der Waals surface area contributed by atoms with Gasteiger partial charge in [-0.05, 0) is 30.7 Å². The quantitative estimate of drug-likeness (QED) is 0.724. The van der Waals surface area contributed by atoms with Crippen molar-refractivity contribution in [3.8, 4) is 0 Å². The Labute approximate surface area is 80.9 Å². The number of anilines is 2. The summed E-state index contributed by atoms with van der Waals surface area (Å²) in [6.45, 7) is 2.00. The van der Waals surface area contributed by atoms with Crippen LogP contribution in [0.3, 0.4) is 0 Å². The van der Waals surface area contributed by atoms with E-state index in [1.54, 1.807) is 12.1 Å². The summed E-state index contributed by atoms with van der Waals surface area (Å²) in [6.07, 6.45) is 0.911. The van der Waals surface area contributed by atoms with Crippen molar-refractivity contribution in [1.29, 1.82) is 0 Å². The molecule has 4 heteroatoms. The molecule has 3 nitrogen and oxygen atoms in total. The minimum absolute atomic E-state index is 0.671. The fourth-order valence-corrected chi connectivity index (χ4v) is 1.79. The number of nitrogens with one attached hydrogen (secondary N) is 1. The van der Waals surface area contributed by atoms with Crippen molar-refractivity contribution in [2.45, 2.75) is 13.3 Å². The van der Waals surface area contributed by atoms with Crippen molar-refractivity contribution in [3.63, 3.8) is 0 Å². The van der Waals surface area contributed by atoms with Crippen LogP contribution in [0, 0.1) is 0 Å². The van der Waals surface area contributed by atoms with E-state index in [-0.39, 0.29) is 0 Å². The summed E-state index contributed by atoms with van der Waals surface area (Å²) < 4.78 is 14.2. The van der Waals surface area contributed by atoms with Gasteiger partial charge in [-0.25, -0.2) is 4.21 Å². The highest BCUT2D eigenvalue weighted by Gasteiger charge is 1.97. The molecule has 0 heterocycles. The van der Waals surface area contributed by atoms with E-state index in [1.165, 1.54) is 0 Å². The highest BCUT2D eigenvalue weighted by molar-refractivity contribution is 7.86. The number of benzene rings is 1. The zero-order chi connectivity index (χ0) is 9.68. The van der Waals surface area contributed by atoms with Gasteiger partial charge in [0.1, 0.15) is 11.0 Å². The van der Waals surface area contributed by atoms with Crippen molar-refractivity contribution in [3.05, 3.63) is 24.3 Å². The topological polar surface area (TPSA) is 55.1 Å². The molecule has 0 radical (unpaired) electrons. The molecule has 0 amide bonds. The van der Waals surface area contributed by atoms with Crippen LogP contribution in [0.1, 0.15) is 13.3 Å². The summed E-state index contributed by atoms with van der Waals surface area (Å²) in [5.74, 6) is 0.671. The second kappa shape index (κ2) is 4.87. The number of hydrogen-bond donors (Lipinski definition) is 2. The first kappa shape index (κ1) is 10.1. The molecular formula is C9H14N2OS. The molecule has 0 aliphatic rings. The molecule has 0 aliphatic heterocycles. The van der Waals surface area contributed by atoms with Gasteiger partial charge in [0.25, 0.3) is 0 Å². The summed E-state index contributed by atoms with van der Waals surface area (Å²) in [5, 5.41) is 0. The smallest absolute Gasteiger partial charge is 0.117 e. The van der Waals surface area contributed by atoms with E-state index in [1.807, 2.05) is 19.1 Å². The molecule has 0 aliphatic carbocycles. The monoisotopic (exact) mass is 198 g/mol. The van der Waals surface area contributed by atoms with Crippen LogP contribution in [0.4, 0.5) is 11.4 Å². The minimum atomic E-state index is -0.968. The molecule has 1 aromatic rings. The Morgan fingerprint density at radius 2 is 2.00 bits per heavy atom. The normalized spacial score (nSPS) is 12.4. The van der Waals surface area contributed by atoms with Gasteiger partial charge in [0.15, 0.2) is 0 Å². The van der Waals surface area contributed by atoms with Gasteiger partial charge < -0.3 is 10.5 Å². The van der Waals surface area contributed by atoms with Gasteiger partial charge in [-0.1, -0.05) is 6.92 Å². The molecule has 1 atom stereocenters. The summed E-state index contributed by atoms with van der Waals surface area (Å²) in [4.78, 5) is 0. The maximum Gasteiger partial charge on any atom is 0.117 e. The lowest BCUT2D eigenvalue weighted by molar-refractivity contribution is 0.685. The first-order valence-electron chi connectivity index (χ1n) is 4.23. The third-order valence-corrected chi connectivity index (χ3v) is 2.77. The molecule has 0 bridgehead atoms. The Morgan fingerprint density at radius 1 is 1.38 bits per heavy atom. The van der Waals surface area contributed by atoms with Gasteiger partial charge in [0, 0.05) is 17.1 Å². The highest BCUT2D eigenvalue weighted by Crippen LogP contribution is 2.11. The first-order valence-corrected chi connectivity index (χ1v) is 5.55. The number of nitrogens with two attached hydrogens (primary N) is 1. The van der Waals surface area contributed by atoms with Crippen LogP contribution in [-0.2, 0) is 11.0 Å². The maximum absolute atomic E-state index is 11.3. The number of hydrogen-bond acceptors (Lipinski definition) is 2. The van der Waals surface area contributed by atoms with Crippen molar-refractivity contribution in [2.24, 2.45) is 0 Å². The lowest BCUT2D eigenvalue weighted by Gasteiger charge is -2.04. The fraction of sp³-hybridized carbons (Fsp3) is 0.333. The second-order valence-corrected chi connectivity index (χ2v) is 4.08. The van der Waals surface area contributed by atoms with Crippen LogP contribution in [-0.4, -0.2) is 9.96 Å². The molecule has 1 aromatic carbocycles. The van der Waals surface area contributed by atoms with E-state index in [0.717, 1.165) is 12.1 Å². The summed E-state index contributed by atoms with van der Waals surface area (Å²) in [7, 11) is -0.968. The van der Waals surface area contributed by atoms with E-state index in [0.29, 0.717) is 11.4 Å². The predicted octanol–water partition coefficient (Wildman–Crippen LogP) is 1.75. The summed E-state index contributed by atoms with van der Waals surface area (Å²) in [5.41, 5.74) is 7.08. The minimum Gasteiger partial charge on any atom is -0.399 e. The molecule has 0 spiro atoms. The van der Waals surface area contributed by atoms with Crippen LogP contribution in [0.15, 0.2) is 24.3 Å². The zero-order valence-corrected chi connectivity index (χ0v) is 8.43. The van der Waals surface area contributed by atoms with E-state index in [4.69, 9.17) is 5.73 Å². The zero-order valence-electron chi connectivity index (χ0n) is 7.62. The van der Waals surface area contributed by atoms with Gasteiger partial charge in [-0.3, -0.25) is 0 Å². The third kappa shape index (κ3) is 3.46. The van der Waals surface area contributed by atoms with Crippen LogP contribution in [0.2, 0.25) is 0 Å². The lowest BCUT2D eigenvalue weighted by Crippen LogP contribution is -2.07. The summed E-state index contributed by atoms with van der Waals surface area (Å²) >= 11 is 0. The molecule has 0 aromatic heterocycles. The van der Waals surface area contributed by atoms with Crippen LogP contribution < -0.4 is 10.5 Å². The molecule has 3 N–H and O–H groups in total. The molecule has 72 valence electrons. The Hall–Kier alpha value is -1.03. The van der Waals surface area contributed by atoms with Gasteiger partial charge in [0.05, 0.1) is 0 Å². The molecule has 0 saturated carbocycles. The fourth-order valence-electron chi connectivity index (χ4n) is 0.919. The Morgan fingerprint density at radius 3 is 2.54 bits per heavy atom. The molecule has 1 unspecified atom stereocenters. The second-order valence-electron chi connectivity index (χ2n) is 2.77. The van der Waals surface area contributed by atoms with Crippen LogP contribution in [0.25, 0.3) is 0 Å². The first-order chi connectivity index (χ1) is 6.22. The van der Waals surface area contributed by atoms with Gasteiger partial charge in [-0.15, -0.1) is 0 Å². The van der Waals surface area contributed by atoms with Crippen LogP contribution >= 0.6 is 0 Å². The lowest BCUT2D eigenvalue weighted by atomic mass is 10.3.